The number of aliphatic hydroxyl groups is 1. The Bertz CT molecular complexity index is 383. The summed E-state index contributed by atoms with van der Waals surface area (Å²) < 4.78 is 0. The van der Waals surface area contributed by atoms with Crippen LogP contribution in [0.3, 0.4) is 0 Å². The Labute approximate surface area is 102 Å². The maximum absolute atomic E-state index is 9.45. The van der Waals surface area contributed by atoms with Crippen molar-refractivity contribution in [2.45, 2.75) is 19.4 Å². The van der Waals surface area contributed by atoms with Crippen LogP contribution < -0.4 is 9.80 Å². The molecule has 0 amide bonds. The minimum Gasteiger partial charge on any atom is -0.394 e. The molecule has 2 unspecified atom stereocenters. The highest BCUT2D eigenvalue weighted by Crippen LogP contribution is 2.28. The van der Waals surface area contributed by atoms with Crippen LogP contribution in [0.25, 0.3) is 0 Å². The quantitative estimate of drug-likeness (QED) is 0.839. The molecule has 5 nitrogen and oxygen atoms in total. The average molecular weight is 236 g/mol. The van der Waals surface area contributed by atoms with E-state index in [-0.39, 0.29) is 12.6 Å². The van der Waals surface area contributed by atoms with E-state index >= 15 is 0 Å². The molecule has 0 aliphatic carbocycles. The first-order valence-electron chi connectivity index (χ1n) is 6.01. The minimum absolute atomic E-state index is 0.180. The van der Waals surface area contributed by atoms with Crippen molar-refractivity contribution in [3.8, 4) is 0 Å². The van der Waals surface area contributed by atoms with Gasteiger partial charge in [0.15, 0.2) is 0 Å². The average Bonchev–Trinajstić information content (AvgIpc) is 2.70. The summed E-state index contributed by atoms with van der Waals surface area (Å²) in [5.74, 6) is 2.13. The molecule has 1 aliphatic rings. The summed E-state index contributed by atoms with van der Waals surface area (Å²) in [6.07, 6.45) is 2.88. The lowest BCUT2D eigenvalue weighted by Gasteiger charge is -2.26. The summed E-state index contributed by atoms with van der Waals surface area (Å²) in [4.78, 5) is 12.8. The van der Waals surface area contributed by atoms with Crippen LogP contribution in [0.4, 0.5) is 11.8 Å². The summed E-state index contributed by atoms with van der Waals surface area (Å²) in [5, 5.41) is 9.45. The van der Waals surface area contributed by atoms with Gasteiger partial charge in [0.05, 0.1) is 12.6 Å². The van der Waals surface area contributed by atoms with Crippen molar-refractivity contribution in [3.63, 3.8) is 0 Å². The second kappa shape index (κ2) is 4.87. The van der Waals surface area contributed by atoms with Crippen LogP contribution in [-0.4, -0.2) is 48.4 Å². The third kappa shape index (κ3) is 2.34. The maximum atomic E-state index is 9.45. The van der Waals surface area contributed by atoms with E-state index in [1.165, 1.54) is 0 Å². The normalized spacial score (nSPS) is 24.1. The van der Waals surface area contributed by atoms with Gasteiger partial charge in [0.25, 0.3) is 0 Å². The summed E-state index contributed by atoms with van der Waals surface area (Å²) in [6.45, 7) is 3.31. The van der Waals surface area contributed by atoms with Crippen LogP contribution in [0.15, 0.2) is 12.3 Å². The van der Waals surface area contributed by atoms with Crippen LogP contribution in [0.5, 0.6) is 0 Å². The molecule has 5 heteroatoms. The van der Waals surface area contributed by atoms with Gasteiger partial charge in [-0.2, -0.15) is 4.98 Å². The Morgan fingerprint density at radius 3 is 2.94 bits per heavy atom. The van der Waals surface area contributed by atoms with Gasteiger partial charge in [0.2, 0.25) is 5.95 Å². The number of aromatic nitrogens is 2. The Morgan fingerprint density at radius 1 is 1.53 bits per heavy atom. The molecule has 2 heterocycles. The fraction of sp³-hybridized carbons (Fsp3) is 0.667. The van der Waals surface area contributed by atoms with Crippen LogP contribution in [-0.2, 0) is 0 Å². The lowest BCUT2D eigenvalue weighted by molar-refractivity contribution is 0.244. The molecule has 0 bridgehead atoms. The van der Waals surface area contributed by atoms with Crippen LogP contribution in [0, 0.1) is 5.92 Å². The number of hydrogen-bond donors (Lipinski definition) is 1. The highest BCUT2D eigenvalue weighted by Gasteiger charge is 2.31. The molecular formula is C12H20N4O. The highest BCUT2D eigenvalue weighted by atomic mass is 16.3. The van der Waals surface area contributed by atoms with Crippen molar-refractivity contribution in [2.75, 3.05) is 37.0 Å². The van der Waals surface area contributed by atoms with Gasteiger partial charge in [0, 0.05) is 26.8 Å². The fourth-order valence-corrected chi connectivity index (χ4v) is 2.29. The Balaban J connectivity index is 2.25. The molecule has 1 saturated heterocycles. The molecule has 1 aliphatic heterocycles. The van der Waals surface area contributed by atoms with Gasteiger partial charge in [-0.3, -0.25) is 0 Å². The molecular weight excluding hydrogens is 216 g/mol. The van der Waals surface area contributed by atoms with E-state index in [9.17, 15) is 5.11 Å². The lowest BCUT2D eigenvalue weighted by Crippen LogP contribution is -2.36. The molecule has 0 aromatic carbocycles. The molecule has 94 valence electrons. The van der Waals surface area contributed by atoms with Crippen molar-refractivity contribution in [1.82, 2.24) is 9.97 Å². The van der Waals surface area contributed by atoms with E-state index < -0.39 is 0 Å². The van der Waals surface area contributed by atoms with E-state index in [1.54, 1.807) is 6.20 Å². The topological polar surface area (TPSA) is 52.5 Å². The zero-order valence-electron chi connectivity index (χ0n) is 10.7. The molecule has 1 aromatic rings. The van der Waals surface area contributed by atoms with Crippen LogP contribution in [0.1, 0.15) is 13.3 Å². The van der Waals surface area contributed by atoms with Gasteiger partial charge in [-0.15, -0.1) is 0 Å². The van der Waals surface area contributed by atoms with Crippen molar-refractivity contribution in [3.05, 3.63) is 12.3 Å². The fourth-order valence-electron chi connectivity index (χ4n) is 2.29. The Kier molecular flexibility index (Phi) is 3.47. The smallest absolute Gasteiger partial charge is 0.226 e. The van der Waals surface area contributed by atoms with Crippen molar-refractivity contribution < 1.29 is 5.11 Å². The first-order chi connectivity index (χ1) is 8.13. The summed E-state index contributed by atoms with van der Waals surface area (Å²) >= 11 is 0. The van der Waals surface area contributed by atoms with Gasteiger partial charge in [-0.05, 0) is 18.4 Å². The predicted octanol–water partition coefficient (Wildman–Crippen LogP) is 0.750. The van der Waals surface area contributed by atoms with Gasteiger partial charge >= 0.3 is 0 Å². The zero-order valence-corrected chi connectivity index (χ0v) is 10.7. The van der Waals surface area contributed by atoms with Crippen molar-refractivity contribution in [2.24, 2.45) is 5.92 Å². The number of rotatable bonds is 3. The molecule has 2 rings (SSSR count). The van der Waals surface area contributed by atoms with E-state index in [0.29, 0.717) is 11.9 Å². The Morgan fingerprint density at radius 2 is 2.29 bits per heavy atom. The predicted molar refractivity (Wildman–Crippen MR) is 68.4 cm³/mol. The third-order valence-corrected chi connectivity index (χ3v) is 3.39. The molecule has 0 spiro atoms. The van der Waals surface area contributed by atoms with Gasteiger partial charge in [-0.1, -0.05) is 6.92 Å². The number of nitrogens with zero attached hydrogens (tertiary/aromatic N) is 4. The Hall–Kier alpha value is -1.36. The van der Waals surface area contributed by atoms with E-state index in [4.69, 9.17) is 0 Å². The molecule has 0 radical (unpaired) electrons. The molecule has 17 heavy (non-hydrogen) atoms. The minimum atomic E-state index is 0.180. The molecule has 2 atom stereocenters. The molecule has 1 fully saturated rings. The van der Waals surface area contributed by atoms with Crippen molar-refractivity contribution in [1.29, 1.82) is 0 Å². The van der Waals surface area contributed by atoms with Crippen LogP contribution >= 0.6 is 0 Å². The van der Waals surface area contributed by atoms with Gasteiger partial charge < -0.3 is 14.9 Å². The molecule has 1 N–H and O–H groups in total. The van der Waals surface area contributed by atoms with Gasteiger partial charge in [0.1, 0.15) is 5.82 Å². The second-order valence-electron chi connectivity index (χ2n) is 4.82. The third-order valence-electron chi connectivity index (χ3n) is 3.39. The second-order valence-corrected chi connectivity index (χ2v) is 4.82. The molecule has 1 aromatic heterocycles. The SMILES string of the molecule is CC1CCN(c2ccnc(N(C)C)n2)C1CO. The summed E-state index contributed by atoms with van der Waals surface area (Å²) in [6, 6.07) is 2.09. The largest absolute Gasteiger partial charge is 0.394 e. The van der Waals surface area contributed by atoms with Crippen LogP contribution in [0.2, 0.25) is 0 Å². The standard InChI is InChI=1S/C12H20N4O/c1-9-5-7-16(10(9)8-17)11-4-6-13-12(14-11)15(2)3/h4,6,9-10,17H,5,7-8H2,1-3H3. The number of hydrogen-bond acceptors (Lipinski definition) is 5. The highest BCUT2D eigenvalue weighted by molar-refractivity contribution is 5.45. The zero-order chi connectivity index (χ0) is 12.4. The number of aliphatic hydroxyl groups excluding tert-OH is 1. The van der Waals surface area contributed by atoms with Crippen molar-refractivity contribution >= 4 is 11.8 Å². The summed E-state index contributed by atoms with van der Waals surface area (Å²) in [7, 11) is 3.85. The number of anilines is 2. The maximum Gasteiger partial charge on any atom is 0.226 e. The first-order valence-corrected chi connectivity index (χ1v) is 6.01. The van der Waals surface area contributed by atoms with Gasteiger partial charge in [-0.25, -0.2) is 4.98 Å². The first kappa shape index (κ1) is 12.1. The monoisotopic (exact) mass is 236 g/mol. The summed E-state index contributed by atoms with van der Waals surface area (Å²) in [5.41, 5.74) is 0. The molecule has 0 saturated carbocycles. The van der Waals surface area contributed by atoms with E-state index in [2.05, 4.69) is 21.8 Å². The lowest BCUT2D eigenvalue weighted by atomic mass is 10.0. The van der Waals surface area contributed by atoms with E-state index in [1.807, 2.05) is 25.1 Å². The van der Waals surface area contributed by atoms with E-state index in [0.717, 1.165) is 18.8 Å².